The van der Waals surface area contributed by atoms with E-state index in [1.165, 1.54) is 4.90 Å². The van der Waals surface area contributed by atoms with E-state index in [1.54, 1.807) is 6.20 Å². The van der Waals surface area contributed by atoms with Crippen LogP contribution in [0.5, 0.6) is 0 Å². The Balaban J connectivity index is 1.99. The molecule has 5 heteroatoms. The molecule has 3 N–H and O–H groups in total. The third-order valence-electron chi connectivity index (χ3n) is 3.18. The van der Waals surface area contributed by atoms with Crippen LogP contribution in [0.3, 0.4) is 0 Å². The van der Waals surface area contributed by atoms with Crippen LogP contribution in [0, 0.1) is 0 Å². The Hall–Kier alpha value is -1.04. The molecule has 2 rings (SSSR count). The largest absolute Gasteiger partial charge is 0.398 e. The van der Waals surface area contributed by atoms with Crippen molar-refractivity contribution < 1.29 is 0 Å². The number of likely N-dealkylation sites (N-methyl/N-ethyl adjacent to an activating group) is 1. The van der Waals surface area contributed by atoms with Crippen LogP contribution < -0.4 is 11.1 Å². The molecule has 0 saturated heterocycles. The van der Waals surface area contributed by atoms with E-state index < -0.39 is 0 Å². The van der Waals surface area contributed by atoms with Crippen LogP contribution in [-0.2, 0) is 6.42 Å². The minimum Gasteiger partial charge on any atom is -0.398 e. The molecule has 1 aromatic heterocycles. The Bertz CT molecular complexity index is 577. The second-order valence-corrected chi connectivity index (χ2v) is 6.69. The van der Waals surface area contributed by atoms with Gasteiger partial charge in [-0.15, -0.1) is 11.8 Å². The first-order valence-electron chi connectivity index (χ1n) is 6.99. The lowest BCUT2D eigenvalue weighted by Crippen LogP contribution is -2.33. The number of hydrogen-bond acceptors (Lipinski definition) is 4. The predicted molar refractivity (Wildman–Crippen MR) is 94.7 cm³/mol. The predicted octanol–water partition coefficient (Wildman–Crippen LogP) is 3.74. The summed E-state index contributed by atoms with van der Waals surface area (Å²) in [4.78, 5) is 5.43. The van der Waals surface area contributed by atoms with E-state index in [4.69, 9.17) is 5.73 Å². The molecule has 0 aliphatic carbocycles. The molecule has 0 aliphatic heterocycles. The quantitative estimate of drug-likeness (QED) is 0.733. The zero-order chi connectivity index (χ0) is 15.1. The first-order chi connectivity index (χ1) is 10.2. The van der Waals surface area contributed by atoms with Gasteiger partial charge in [0.1, 0.15) is 0 Å². The minimum atomic E-state index is 0.374. The summed E-state index contributed by atoms with van der Waals surface area (Å²) in [7, 11) is 0. The second kappa shape index (κ2) is 8.41. The lowest BCUT2D eigenvalue weighted by molar-refractivity contribution is 0.572. The molecule has 0 amide bonds. The van der Waals surface area contributed by atoms with Crippen molar-refractivity contribution in [3.8, 4) is 0 Å². The smallest absolute Gasteiger partial charge is 0.0378 e. The van der Waals surface area contributed by atoms with E-state index in [2.05, 4.69) is 51.4 Å². The number of hydrogen-bond donors (Lipinski definition) is 2. The van der Waals surface area contributed by atoms with Crippen molar-refractivity contribution in [2.24, 2.45) is 0 Å². The Labute approximate surface area is 138 Å². The highest BCUT2D eigenvalue weighted by Gasteiger charge is 2.12. The number of nitrogens with zero attached hydrogens (tertiary/aromatic N) is 1. The molecule has 112 valence electrons. The summed E-state index contributed by atoms with van der Waals surface area (Å²) in [5.74, 6) is 0.991. The number of pyridine rings is 1. The SMILES string of the molecule is CCNC(CSc1ccccc1Br)Cc1cnccc1N. The molecule has 0 saturated carbocycles. The van der Waals surface area contributed by atoms with Crippen molar-refractivity contribution >= 4 is 33.4 Å². The van der Waals surface area contributed by atoms with Crippen molar-refractivity contribution in [1.82, 2.24) is 10.3 Å². The Morgan fingerprint density at radius 3 is 2.86 bits per heavy atom. The average molecular weight is 366 g/mol. The van der Waals surface area contributed by atoms with E-state index in [-0.39, 0.29) is 0 Å². The van der Waals surface area contributed by atoms with Gasteiger partial charge >= 0.3 is 0 Å². The van der Waals surface area contributed by atoms with Gasteiger partial charge in [-0.05, 0) is 52.7 Å². The lowest BCUT2D eigenvalue weighted by atomic mass is 10.1. The highest BCUT2D eigenvalue weighted by Crippen LogP contribution is 2.28. The Kier molecular flexibility index (Phi) is 6.54. The number of rotatable bonds is 7. The molecule has 1 aromatic carbocycles. The van der Waals surface area contributed by atoms with Gasteiger partial charge in [0.25, 0.3) is 0 Å². The van der Waals surface area contributed by atoms with Crippen LogP contribution in [-0.4, -0.2) is 23.3 Å². The van der Waals surface area contributed by atoms with Gasteiger partial charge in [0.15, 0.2) is 0 Å². The summed E-state index contributed by atoms with van der Waals surface area (Å²) in [5.41, 5.74) is 7.94. The fourth-order valence-electron chi connectivity index (χ4n) is 2.10. The van der Waals surface area contributed by atoms with E-state index in [9.17, 15) is 0 Å². The lowest BCUT2D eigenvalue weighted by Gasteiger charge is -2.18. The number of aromatic nitrogens is 1. The Morgan fingerprint density at radius 2 is 2.14 bits per heavy atom. The fraction of sp³-hybridized carbons (Fsp3) is 0.312. The van der Waals surface area contributed by atoms with Gasteiger partial charge in [-0.1, -0.05) is 19.1 Å². The number of nitrogen functional groups attached to an aromatic ring is 1. The first kappa shape index (κ1) is 16.3. The highest BCUT2D eigenvalue weighted by molar-refractivity contribution is 9.10. The van der Waals surface area contributed by atoms with Gasteiger partial charge in [0.05, 0.1) is 0 Å². The molecule has 3 nitrogen and oxygen atoms in total. The summed E-state index contributed by atoms with van der Waals surface area (Å²) < 4.78 is 1.14. The van der Waals surface area contributed by atoms with Crippen LogP contribution in [0.2, 0.25) is 0 Å². The van der Waals surface area contributed by atoms with Gasteiger partial charge in [-0.25, -0.2) is 0 Å². The standard InChI is InChI=1S/C16H20BrN3S/c1-2-20-13(9-12-10-19-8-7-15(12)18)11-21-16-6-4-3-5-14(16)17/h3-8,10,13,20H,2,9,11H2,1H3,(H2,18,19). The maximum atomic E-state index is 6.01. The molecular formula is C16H20BrN3S. The van der Waals surface area contributed by atoms with Crippen molar-refractivity contribution in [2.75, 3.05) is 18.0 Å². The van der Waals surface area contributed by atoms with Gasteiger partial charge in [-0.3, -0.25) is 4.98 Å². The number of benzene rings is 1. The van der Waals surface area contributed by atoms with Crippen LogP contribution >= 0.6 is 27.7 Å². The van der Waals surface area contributed by atoms with Crippen LogP contribution in [0.15, 0.2) is 52.1 Å². The van der Waals surface area contributed by atoms with Crippen LogP contribution in [0.4, 0.5) is 5.69 Å². The monoisotopic (exact) mass is 365 g/mol. The third-order valence-corrected chi connectivity index (χ3v) is 5.37. The zero-order valence-corrected chi connectivity index (χ0v) is 14.5. The molecular weight excluding hydrogens is 346 g/mol. The van der Waals surface area contributed by atoms with E-state index in [1.807, 2.05) is 30.1 Å². The number of halogens is 1. The maximum absolute atomic E-state index is 6.01. The average Bonchev–Trinajstić information content (AvgIpc) is 2.48. The first-order valence-corrected chi connectivity index (χ1v) is 8.77. The summed E-state index contributed by atoms with van der Waals surface area (Å²) in [6.07, 6.45) is 4.49. The molecule has 2 aromatic rings. The van der Waals surface area contributed by atoms with Crippen molar-refractivity contribution in [2.45, 2.75) is 24.3 Å². The molecule has 0 fully saturated rings. The molecule has 0 bridgehead atoms. The zero-order valence-electron chi connectivity index (χ0n) is 12.1. The van der Waals surface area contributed by atoms with Crippen molar-refractivity contribution in [1.29, 1.82) is 0 Å². The van der Waals surface area contributed by atoms with Crippen molar-refractivity contribution in [3.05, 3.63) is 52.8 Å². The molecule has 21 heavy (non-hydrogen) atoms. The summed E-state index contributed by atoms with van der Waals surface area (Å²) in [6, 6.07) is 10.5. The van der Waals surface area contributed by atoms with Crippen LogP contribution in [0.25, 0.3) is 0 Å². The molecule has 1 heterocycles. The highest BCUT2D eigenvalue weighted by atomic mass is 79.9. The fourth-order valence-corrected chi connectivity index (χ4v) is 3.73. The van der Waals surface area contributed by atoms with E-state index in [0.29, 0.717) is 6.04 Å². The van der Waals surface area contributed by atoms with Gasteiger partial charge < -0.3 is 11.1 Å². The molecule has 0 aliphatic rings. The van der Waals surface area contributed by atoms with Crippen molar-refractivity contribution in [3.63, 3.8) is 0 Å². The number of nitrogens with one attached hydrogen (secondary N) is 1. The minimum absolute atomic E-state index is 0.374. The topological polar surface area (TPSA) is 50.9 Å². The van der Waals surface area contributed by atoms with Crippen LogP contribution in [0.1, 0.15) is 12.5 Å². The number of nitrogens with two attached hydrogens (primary N) is 1. The number of anilines is 1. The Morgan fingerprint density at radius 1 is 1.33 bits per heavy atom. The third kappa shape index (κ3) is 5.02. The van der Waals surface area contributed by atoms with E-state index in [0.717, 1.165) is 34.4 Å². The summed E-state index contributed by atoms with van der Waals surface area (Å²) in [5, 5.41) is 3.53. The molecule has 1 unspecified atom stereocenters. The number of thioether (sulfide) groups is 1. The normalized spacial score (nSPS) is 12.3. The summed E-state index contributed by atoms with van der Waals surface area (Å²) >= 11 is 5.44. The molecule has 1 atom stereocenters. The maximum Gasteiger partial charge on any atom is 0.0378 e. The molecule has 0 radical (unpaired) electrons. The molecule has 0 spiro atoms. The summed E-state index contributed by atoms with van der Waals surface area (Å²) in [6.45, 7) is 3.07. The van der Waals surface area contributed by atoms with Gasteiger partial charge in [-0.2, -0.15) is 0 Å². The second-order valence-electron chi connectivity index (χ2n) is 4.77. The van der Waals surface area contributed by atoms with Gasteiger partial charge in [0, 0.05) is 39.2 Å². The van der Waals surface area contributed by atoms with Gasteiger partial charge in [0.2, 0.25) is 0 Å². The van der Waals surface area contributed by atoms with E-state index >= 15 is 0 Å².